The van der Waals surface area contributed by atoms with E-state index in [4.69, 9.17) is 5.73 Å². The molecule has 78 valence electrons. The molecule has 4 nitrogen and oxygen atoms in total. The molecule has 0 aromatic carbocycles. The second kappa shape index (κ2) is 6.18. The molecule has 1 unspecified atom stereocenters. The summed E-state index contributed by atoms with van der Waals surface area (Å²) in [5.74, 6) is -0.0220. The number of halogens is 1. The average molecular weight is 208 g/mol. The van der Waals surface area contributed by atoms with E-state index in [-0.39, 0.29) is 30.4 Å². The van der Waals surface area contributed by atoms with Gasteiger partial charge in [0.05, 0.1) is 6.04 Å². The number of amides is 1. The maximum Gasteiger partial charge on any atom is 0.237 e. The van der Waals surface area contributed by atoms with E-state index >= 15 is 0 Å². The second-order valence-electron chi connectivity index (χ2n) is 3.21. The SMILES string of the molecule is CC[C@@H](N)C(=O)NC1CCNC1.Cl. The Morgan fingerprint density at radius 1 is 1.77 bits per heavy atom. The predicted octanol–water partition coefficient (Wildman–Crippen LogP) is -0.376. The number of carbonyl (C=O) groups is 1. The summed E-state index contributed by atoms with van der Waals surface area (Å²) in [5.41, 5.74) is 5.56. The molecule has 13 heavy (non-hydrogen) atoms. The molecule has 1 fully saturated rings. The van der Waals surface area contributed by atoms with E-state index in [2.05, 4.69) is 10.6 Å². The highest BCUT2D eigenvalue weighted by atomic mass is 35.5. The third kappa shape index (κ3) is 3.93. The van der Waals surface area contributed by atoms with E-state index < -0.39 is 0 Å². The molecule has 1 aliphatic rings. The maximum absolute atomic E-state index is 11.3. The Bertz CT molecular complexity index is 159. The summed E-state index contributed by atoms with van der Waals surface area (Å²) in [4.78, 5) is 11.3. The normalized spacial score (nSPS) is 23.4. The van der Waals surface area contributed by atoms with Crippen molar-refractivity contribution in [1.82, 2.24) is 10.6 Å². The highest BCUT2D eigenvalue weighted by Gasteiger charge is 2.19. The molecule has 0 aliphatic carbocycles. The molecule has 1 saturated heterocycles. The van der Waals surface area contributed by atoms with Crippen LogP contribution in [0.1, 0.15) is 19.8 Å². The van der Waals surface area contributed by atoms with Crippen molar-refractivity contribution in [2.24, 2.45) is 5.73 Å². The topological polar surface area (TPSA) is 67.2 Å². The first-order valence-electron chi connectivity index (χ1n) is 4.50. The zero-order valence-corrected chi connectivity index (χ0v) is 8.69. The number of nitrogens with two attached hydrogens (primary N) is 1. The van der Waals surface area contributed by atoms with Gasteiger partial charge in [-0.05, 0) is 19.4 Å². The lowest BCUT2D eigenvalue weighted by Crippen LogP contribution is -2.45. The van der Waals surface area contributed by atoms with Crippen molar-refractivity contribution in [1.29, 1.82) is 0 Å². The van der Waals surface area contributed by atoms with Gasteiger partial charge in [0.1, 0.15) is 0 Å². The lowest BCUT2D eigenvalue weighted by Gasteiger charge is -2.14. The second-order valence-corrected chi connectivity index (χ2v) is 3.21. The van der Waals surface area contributed by atoms with Crippen molar-refractivity contribution in [3.63, 3.8) is 0 Å². The van der Waals surface area contributed by atoms with Crippen LogP contribution in [0.25, 0.3) is 0 Å². The minimum atomic E-state index is -0.342. The number of hydrogen-bond acceptors (Lipinski definition) is 3. The fourth-order valence-corrected chi connectivity index (χ4v) is 1.27. The van der Waals surface area contributed by atoms with E-state index in [1.165, 1.54) is 0 Å². The molecule has 0 spiro atoms. The van der Waals surface area contributed by atoms with Crippen LogP contribution < -0.4 is 16.4 Å². The average Bonchev–Trinajstić information content (AvgIpc) is 2.55. The molecular formula is C8H18ClN3O. The van der Waals surface area contributed by atoms with Crippen LogP contribution in [-0.2, 0) is 4.79 Å². The quantitative estimate of drug-likeness (QED) is 0.592. The molecule has 0 bridgehead atoms. The van der Waals surface area contributed by atoms with Crippen molar-refractivity contribution in [3.05, 3.63) is 0 Å². The first kappa shape index (κ1) is 12.7. The highest BCUT2D eigenvalue weighted by molar-refractivity contribution is 5.85. The van der Waals surface area contributed by atoms with Crippen molar-refractivity contribution >= 4 is 18.3 Å². The molecule has 2 atom stereocenters. The Morgan fingerprint density at radius 3 is 2.92 bits per heavy atom. The molecule has 0 aromatic rings. The largest absolute Gasteiger partial charge is 0.351 e. The Hall–Kier alpha value is -0.320. The van der Waals surface area contributed by atoms with Crippen LogP contribution in [0.4, 0.5) is 0 Å². The van der Waals surface area contributed by atoms with E-state index in [9.17, 15) is 4.79 Å². The summed E-state index contributed by atoms with van der Waals surface area (Å²) < 4.78 is 0. The van der Waals surface area contributed by atoms with Crippen LogP contribution in [-0.4, -0.2) is 31.1 Å². The monoisotopic (exact) mass is 207 g/mol. The van der Waals surface area contributed by atoms with Gasteiger partial charge in [-0.2, -0.15) is 0 Å². The summed E-state index contributed by atoms with van der Waals surface area (Å²) in [6.45, 7) is 3.78. The minimum absolute atomic E-state index is 0. The third-order valence-electron chi connectivity index (χ3n) is 2.18. The van der Waals surface area contributed by atoms with Gasteiger partial charge in [0.25, 0.3) is 0 Å². The van der Waals surface area contributed by atoms with Gasteiger partial charge >= 0.3 is 0 Å². The van der Waals surface area contributed by atoms with E-state index in [0.717, 1.165) is 19.5 Å². The van der Waals surface area contributed by atoms with Crippen LogP contribution in [0, 0.1) is 0 Å². The first-order chi connectivity index (χ1) is 5.74. The fraction of sp³-hybridized carbons (Fsp3) is 0.875. The molecule has 1 amide bonds. The van der Waals surface area contributed by atoms with E-state index in [1.54, 1.807) is 0 Å². The predicted molar refractivity (Wildman–Crippen MR) is 54.9 cm³/mol. The summed E-state index contributed by atoms with van der Waals surface area (Å²) in [5, 5.41) is 6.08. The lowest BCUT2D eigenvalue weighted by atomic mass is 10.2. The van der Waals surface area contributed by atoms with Crippen molar-refractivity contribution in [2.75, 3.05) is 13.1 Å². The Labute approximate surface area is 85.0 Å². The standard InChI is InChI=1S/C8H17N3O.ClH/c1-2-7(9)8(12)11-6-3-4-10-5-6;/h6-7,10H,2-5,9H2,1H3,(H,11,12);1H/t6?,7-;/m1./s1. The van der Waals surface area contributed by atoms with Gasteiger partial charge in [-0.15, -0.1) is 12.4 Å². The van der Waals surface area contributed by atoms with Gasteiger partial charge in [0, 0.05) is 12.6 Å². The maximum atomic E-state index is 11.3. The van der Waals surface area contributed by atoms with Gasteiger partial charge in [0.2, 0.25) is 5.91 Å². The molecule has 1 aliphatic heterocycles. The zero-order chi connectivity index (χ0) is 8.97. The van der Waals surface area contributed by atoms with Gasteiger partial charge < -0.3 is 16.4 Å². The van der Waals surface area contributed by atoms with Crippen molar-refractivity contribution in [2.45, 2.75) is 31.8 Å². The first-order valence-corrected chi connectivity index (χ1v) is 4.50. The molecular weight excluding hydrogens is 190 g/mol. The molecule has 5 heteroatoms. The van der Waals surface area contributed by atoms with E-state index in [0.29, 0.717) is 6.42 Å². The Balaban J connectivity index is 0.00000144. The van der Waals surface area contributed by atoms with Crippen LogP contribution in [0.3, 0.4) is 0 Å². The smallest absolute Gasteiger partial charge is 0.237 e. The number of rotatable bonds is 3. The highest BCUT2D eigenvalue weighted by Crippen LogP contribution is 1.97. The molecule has 0 aromatic heterocycles. The van der Waals surface area contributed by atoms with Gasteiger partial charge in [-0.25, -0.2) is 0 Å². The lowest BCUT2D eigenvalue weighted by molar-refractivity contribution is -0.123. The summed E-state index contributed by atoms with van der Waals surface area (Å²) in [7, 11) is 0. The van der Waals surface area contributed by atoms with Crippen molar-refractivity contribution in [3.8, 4) is 0 Å². The van der Waals surface area contributed by atoms with Crippen LogP contribution >= 0.6 is 12.4 Å². The molecule has 1 rings (SSSR count). The van der Waals surface area contributed by atoms with Crippen molar-refractivity contribution < 1.29 is 4.79 Å². The zero-order valence-electron chi connectivity index (χ0n) is 7.88. The third-order valence-corrected chi connectivity index (χ3v) is 2.18. The van der Waals surface area contributed by atoms with Gasteiger partial charge in [0.15, 0.2) is 0 Å². The van der Waals surface area contributed by atoms with Crippen LogP contribution in [0.5, 0.6) is 0 Å². The number of nitrogens with one attached hydrogen (secondary N) is 2. The Morgan fingerprint density at radius 2 is 2.46 bits per heavy atom. The van der Waals surface area contributed by atoms with Crippen LogP contribution in [0.15, 0.2) is 0 Å². The van der Waals surface area contributed by atoms with Gasteiger partial charge in [-0.1, -0.05) is 6.92 Å². The minimum Gasteiger partial charge on any atom is -0.351 e. The van der Waals surface area contributed by atoms with Gasteiger partial charge in [-0.3, -0.25) is 4.79 Å². The number of hydrogen-bond donors (Lipinski definition) is 3. The fourth-order valence-electron chi connectivity index (χ4n) is 1.27. The molecule has 4 N–H and O–H groups in total. The number of carbonyl (C=O) groups excluding carboxylic acids is 1. The van der Waals surface area contributed by atoms with E-state index in [1.807, 2.05) is 6.92 Å². The molecule has 1 heterocycles. The molecule has 0 radical (unpaired) electrons. The Kier molecular flexibility index (Phi) is 6.03. The molecule has 0 saturated carbocycles. The summed E-state index contributed by atoms with van der Waals surface area (Å²) in [6.07, 6.45) is 1.72. The van der Waals surface area contributed by atoms with Crippen LogP contribution in [0.2, 0.25) is 0 Å². The summed E-state index contributed by atoms with van der Waals surface area (Å²) >= 11 is 0. The summed E-state index contributed by atoms with van der Waals surface area (Å²) in [6, 6.07) is -0.0549.